The quantitative estimate of drug-likeness (QED) is 0.657. The summed E-state index contributed by atoms with van der Waals surface area (Å²) in [5, 5.41) is 27.8. The summed E-state index contributed by atoms with van der Waals surface area (Å²) in [4.78, 5) is 2.41. The topological polar surface area (TPSA) is 88.3 Å². The summed E-state index contributed by atoms with van der Waals surface area (Å²) in [6, 6.07) is 9.24. The van der Waals surface area contributed by atoms with Gasteiger partial charge in [-0.1, -0.05) is 6.07 Å². The minimum Gasteiger partial charge on any atom is -0.507 e. The number of fused-ring (bicyclic) bond motifs is 3. The summed E-state index contributed by atoms with van der Waals surface area (Å²) in [7, 11) is 1.88. The maximum Gasteiger partial charge on any atom is 0.194 e. The molecule has 2 N–H and O–H groups in total. The number of hydrogen-bond donors (Lipinski definition) is 2. The van der Waals surface area contributed by atoms with Gasteiger partial charge in [-0.15, -0.1) is 10.2 Å². The van der Waals surface area contributed by atoms with Crippen LogP contribution in [0.4, 0.5) is 5.82 Å². The summed E-state index contributed by atoms with van der Waals surface area (Å²) >= 11 is 0. The van der Waals surface area contributed by atoms with Crippen LogP contribution in [0.15, 0.2) is 36.7 Å². The summed E-state index contributed by atoms with van der Waals surface area (Å²) in [5.74, 6) is 1.76. The Morgan fingerprint density at radius 3 is 2.69 bits per heavy atom. The fraction of sp³-hybridized carbons (Fsp3) is 0.458. The van der Waals surface area contributed by atoms with Crippen molar-refractivity contribution in [1.82, 2.24) is 25.3 Å². The second kappa shape index (κ2) is 7.78. The van der Waals surface area contributed by atoms with E-state index in [1.807, 2.05) is 31.4 Å². The Bertz CT molecular complexity index is 1130. The van der Waals surface area contributed by atoms with Crippen molar-refractivity contribution in [2.45, 2.75) is 50.2 Å². The van der Waals surface area contributed by atoms with E-state index in [1.54, 1.807) is 16.9 Å². The van der Waals surface area contributed by atoms with Crippen molar-refractivity contribution in [3.63, 3.8) is 0 Å². The highest BCUT2D eigenvalue weighted by atomic mass is 16.5. The van der Waals surface area contributed by atoms with Crippen LogP contribution < -0.4 is 15.0 Å². The maximum atomic E-state index is 10.7. The molecular weight excluding hydrogens is 404 g/mol. The molecule has 0 spiro atoms. The molecule has 1 unspecified atom stereocenters. The molecule has 2 bridgehead atoms. The van der Waals surface area contributed by atoms with Gasteiger partial charge in [-0.2, -0.15) is 5.10 Å². The Balaban J connectivity index is 1.31. The van der Waals surface area contributed by atoms with Crippen molar-refractivity contribution in [2.24, 2.45) is 7.05 Å². The summed E-state index contributed by atoms with van der Waals surface area (Å²) in [6.45, 7) is 1.61. The van der Waals surface area contributed by atoms with Crippen molar-refractivity contribution < 1.29 is 9.84 Å². The lowest BCUT2D eigenvalue weighted by molar-refractivity contribution is 0.319. The van der Waals surface area contributed by atoms with Gasteiger partial charge >= 0.3 is 0 Å². The van der Waals surface area contributed by atoms with Crippen LogP contribution in [0.5, 0.6) is 11.5 Å². The average Bonchev–Trinajstić information content (AvgIpc) is 3.30. The Kier molecular flexibility index (Phi) is 4.75. The highest BCUT2D eigenvalue weighted by Gasteiger charge is 2.37. The summed E-state index contributed by atoms with van der Waals surface area (Å²) in [5.41, 5.74) is 3.13. The van der Waals surface area contributed by atoms with Gasteiger partial charge in [0.25, 0.3) is 0 Å². The van der Waals surface area contributed by atoms with E-state index in [2.05, 4.69) is 25.5 Å². The molecule has 3 aromatic rings. The molecule has 8 heteroatoms. The van der Waals surface area contributed by atoms with Gasteiger partial charge in [0.15, 0.2) is 11.6 Å². The second-order valence-corrected chi connectivity index (χ2v) is 9.21. The molecule has 1 aromatic carbocycles. The molecule has 2 fully saturated rings. The number of piperidine rings is 1. The molecule has 6 rings (SSSR count). The molecule has 32 heavy (non-hydrogen) atoms. The van der Waals surface area contributed by atoms with Gasteiger partial charge in [-0.3, -0.25) is 4.68 Å². The molecule has 0 amide bonds. The van der Waals surface area contributed by atoms with Crippen LogP contribution in [0, 0.1) is 0 Å². The number of nitrogens with one attached hydrogen (secondary N) is 1. The first kappa shape index (κ1) is 19.5. The number of phenolic OH excluding ortho intramolecular Hbond substituents is 1. The number of aryl methyl sites for hydroxylation is 1. The fourth-order valence-electron chi connectivity index (χ4n) is 5.46. The first-order valence-electron chi connectivity index (χ1n) is 11.5. The fourth-order valence-corrected chi connectivity index (χ4v) is 5.46. The highest BCUT2D eigenvalue weighted by molar-refractivity contribution is 5.75. The first-order valence-corrected chi connectivity index (χ1v) is 11.5. The number of anilines is 1. The number of nitrogens with zero attached hydrogens (tertiary/aromatic N) is 5. The van der Waals surface area contributed by atoms with E-state index in [0.29, 0.717) is 36.0 Å². The third-order valence-electron chi connectivity index (χ3n) is 7.01. The largest absolute Gasteiger partial charge is 0.507 e. The third kappa shape index (κ3) is 3.48. The van der Waals surface area contributed by atoms with E-state index in [9.17, 15) is 5.11 Å². The molecule has 3 aliphatic rings. The van der Waals surface area contributed by atoms with E-state index >= 15 is 0 Å². The van der Waals surface area contributed by atoms with Crippen LogP contribution in [0.2, 0.25) is 0 Å². The summed E-state index contributed by atoms with van der Waals surface area (Å²) in [6.07, 6.45) is 9.52. The number of ether oxygens (including phenoxy) is 1. The van der Waals surface area contributed by atoms with Crippen molar-refractivity contribution in [1.29, 1.82) is 0 Å². The zero-order valence-corrected chi connectivity index (χ0v) is 18.2. The van der Waals surface area contributed by atoms with Crippen molar-refractivity contribution in [3.05, 3.63) is 36.7 Å². The van der Waals surface area contributed by atoms with Gasteiger partial charge in [0.2, 0.25) is 0 Å². The monoisotopic (exact) mass is 432 g/mol. The molecular formula is C24H28N6O2. The van der Waals surface area contributed by atoms with Gasteiger partial charge in [-0.05, 0) is 49.8 Å². The van der Waals surface area contributed by atoms with Crippen molar-refractivity contribution in [2.75, 3.05) is 18.1 Å². The summed E-state index contributed by atoms with van der Waals surface area (Å²) < 4.78 is 7.83. The Labute approximate surface area is 187 Å². The van der Waals surface area contributed by atoms with Gasteiger partial charge in [0, 0.05) is 55.1 Å². The number of rotatable bonds is 3. The number of benzene rings is 1. The molecule has 8 nitrogen and oxygen atoms in total. The van der Waals surface area contributed by atoms with Crippen LogP contribution >= 0.6 is 0 Å². The second-order valence-electron chi connectivity index (χ2n) is 9.21. The van der Waals surface area contributed by atoms with Gasteiger partial charge in [0.1, 0.15) is 11.4 Å². The third-order valence-corrected chi connectivity index (χ3v) is 7.01. The smallest absolute Gasteiger partial charge is 0.194 e. The van der Waals surface area contributed by atoms with Gasteiger partial charge in [-0.25, -0.2) is 0 Å². The predicted octanol–water partition coefficient (Wildman–Crippen LogP) is 3.12. The molecule has 0 aliphatic carbocycles. The first-order chi connectivity index (χ1) is 15.6. The molecule has 5 heterocycles. The molecule has 3 aliphatic heterocycles. The zero-order chi connectivity index (χ0) is 21.7. The van der Waals surface area contributed by atoms with E-state index in [4.69, 9.17) is 4.74 Å². The molecule has 3 atom stereocenters. The number of phenols is 1. The van der Waals surface area contributed by atoms with Gasteiger partial charge < -0.3 is 20.1 Å². The van der Waals surface area contributed by atoms with Crippen LogP contribution in [0.25, 0.3) is 22.4 Å². The molecule has 2 aromatic heterocycles. The lowest BCUT2D eigenvalue weighted by Crippen LogP contribution is -2.48. The molecule has 2 saturated heterocycles. The molecule has 0 saturated carbocycles. The Morgan fingerprint density at radius 1 is 1.09 bits per heavy atom. The minimum atomic E-state index is 0.168. The van der Waals surface area contributed by atoms with Crippen LogP contribution in [-0.2, 0) is 7.05 Å². The number of hydrogen-bond acceptors (Lipinski definition) is 7. The van der Waals surface area contributed by atoms with Gasteiger partial charge in [0.05, 0.1) is 12.8 Å². The van der Waals surface area contributed by atoms with E-state index in [0.717, 1.165) is 48.5 Å². The van der Waals surface area contributed by atoms with Crippen molar-refractivity contribution >= 4 is 5.82 Å². The van der Waals surface area contributed by atoms with E-state index < -0.39 is 0 Å². The van der Waals surface area contributed by atoms with Crippen LogP contribution in [0.3, 0.4) is 0 Å². The van der Waals surface area contributed by atoms with E-state index in [1.165, 1.54) is 12.8 Å². The zero-order valence-electron chi connectivity index (χ0n) is 18.2. The highest BCUT2D eigenvalue weighted by Crippen LogP contribution is 2.39. The normalized spacial score (nSPS) is 24.7. The predicted molar refractivity (Wildman–Crippen MR) is 122 cm³/mol. The number of aromatic nitrogens is 4. The maximum absolute atomic E-state index is 10.7. The SMILES string of the molecule is Cn1cc(-c2ccc(-c3cc4c(nn3)N(C3C[C@H]5CC[C@@H](C3)N5)CCCO4)c(O)c2)cn1. The van der Waals surface area contributed by atoms with Crippen LogP contribution in [-0.4, -0.2) is 56.4 Å². The standard InChI is InChI=1S/C24H28N6O2/c1-29-14-16(13-25-29)15-3-6-20(22(31)9-15)21-12-23-24(28-27-21)30(7-2-8-32-23)19-10-17-4-5-18(11-19)26-17/h3,6,9,12-14,17-19,26,31H,2,4-5,7-8,10-11H2,1H3/t17-,18+,19?. The Morgan fingerprint density at radius 2 is 1.94 bits per heavy atom. The van der Waals surface area contributed by atoms with Crippen molar-refractivity contribution in [3.8, 4) is 33.9 Å². The lowest BCUT2D eigenvalue weighted by atomic mass is 9.98. The van der Waals surface area contributed by atoms with Crippen LogP contribution in [0.1, 0.15) is 32.1 Å². The average molecular weight is 433 g/mol. The molecule has 0 radical (unpaired) electrons. The molecule has 166 valence electrons. The Hall–Kier alpha value is -3.13. The minimum absolute atomic E-state index is 0.168. The number of aromatic hydroxyl groups is 1. The van der Waals surface area contributed by atoms with E-state index in [-0.39, 0.29) is 5.75 Å². The lowest BCUT2D eigenvalue weighted by Gasteiger charge is -2.37.